The fraction of sp³-hybridized carbons (Fsp3) is 0.455. The number of methoxy groups -OCH3 is 1. The van der Waals surface area contributed by atoms with Gasteiger partial charge in [-0.15, -0.1) is 0 Å². The summed E-state index contributed by atoms with van der Waals surface area (Å²) >= 11 is 0. The number of hydrazine groups is 1. The van der Waals surface area contributed by atoms with Crippen LogP contribution in [0.1, 0.15) is 12.0 Å². The quantitative estimate of drug-likeness (QED) is 0.573. The molecule has 0 bridgehead atoms. The van der Waals surface area contributed by atoms with Crippen LogP contribution in [0.4, 0.5) is 8.78 Å². The zero-order valence-electron chi connectivity index (χ0n) is 9.17. The molecule has 1 aromatic carbocycles. The lowest BCUT2D eigenvalue weighted by Crippen LogP contribution is -2.37. The van der Waals surface area contributed by atoms with Gasteiger partial charge in [0.15, 0.2) is 0 Å². The van der Waals surface area contributed by atoms with E-state index in [4.69, 9.17) is 10.6 Å². The molecule has 0 spiro atoms. The van der Waals surface area contributed by atoms with Crippen molar-refractivity contribution in [2.75, 3.05) is 13.7 Å². The summed E-state index contributed by atoms with van der Waals surface area (Å²) in [5, 5.41) is 0. The maximum Gasteiger partial charge on any atom is 0.129 e. The summed E-state index contributed by atoms with van der Waals surface area (Å²) in [6, 6.07) is 3.46. The largest absolute Gasteiger partial charge is 0.385 e. The molecular weight excluding hydrogens is 214 g/mol. The topological polar surface area (TPSA) is 47.3 Å². The van der Waals surface area contributed by atoms with E-state index in [0.29, 0.717) is 25.0 Å². The lowest BCUT2D eigenvalue weighted by molar-refractivity contribution is 0.182. The molecule has 90 valence electrons. The highest BCUT2D eigenvalue weighted by Crippen LogP contribution is 2.12. The van der Waals surface area contributed by atoms with E-state index < -0.39 is 11.6 Å². The zero-order chi connectivity index (χ0) is 12.0. The monoisotopic (exact) mass is 230 g/mol. The normalized spacial score (nSPS) is 12.8. The van der Waals surface area contributed by atoms with Crippen molar-refractivity contribution in [3.8, 4) is 0 Å². The van der Waals surface area contributed by atoms with Gasteiger partial charge in [-0.1, -0.05) is 6.07 Å². The molecule has 1 unspecified atom stereocenters. The predicted molar refractivity (Wildman–Crippen MR) is 57.7 cm³/mol. The maximum absolute atomic E-state index is 13.3. The van der Waals surface area contributed by atoms with Gasteiger partial charge in [0.2, 0.25) is 0 Å². The molecule has 0 aliphatic rings. The molecule has 1 rings (SSSR count). The van der Waals surface area contributed by atoms with Crippen molar-refractivity contribution in [1.82, 2.24) is 5.43 Å². The first-order valence-corrected chi connectivity index (χ1v) is 5.06. The van der Waals surface area contributed by atoms with E-state index in [1.807, 2.05) is 0 Å². The van der Waals surface area contributed by atoms with Crippen molar-refractivity contribution >= 4 is 0 Å². The first kappa shape index (κ1) is 13.0. The standard InChI is InChI=1S/C11H16F2N2O/c1-16-5-4-10(15-14)6-8-2-3-9(12)7-11(8)13/h2-3,7,10,15H,4-6,14H2,1H3. The van der Waals surface area contributed by atoms with Crippen molar-refractivity contribution in [1.29, 1.82) is 0 Å². The second kappa shape index (κ2) is 6.52. The second-order valence-electron chi connectivity index (χ2n) is 3.58. The Balaban J connectivity index is 2.62. The van der Waals surface area contributed by atoms with Crippen molar-refractivity contribution in [2.45, 2.75) is 18.9 Å². The highest BCUT2D eigenvalue weighted by atomic mass is 19.1. The Kier molecular flexibility index (Phi) is 5.31. The van der Waals surface area contributed by atoms with Crippen LogP contribution in [0.2, 0.25) is 0 Å². The van der Waals surface area contributed by atoms with E-state index in [-0.39, 0.29) is 6.04 Å². The summed E-state index contributed by atoms with van der Waals surface area (Å²) in [6.45, 7) is 0.539. The Labute approximate surface area is 93.6 Å². The molecule has 1 aromatic rings. The summed E-state index contributed by atoms with van der Waals surface area (Å²) in [6.07, 6.45) is 1.08. The molecule has 3 N–H and O–H groups in total. The van der Waals surface area contributed by atoms with Crippen LogP contribution in [0.15, 0.2) is 18.2 Å². The van der Waals surface area contributed by atoms with E-state index in [0.717, 1.165) is 6.07 Å². The Bertz CT molecular complexity index is 334. The molecule has 16 heavy (non-hydrogen) atoms. The molecule has 0 amide bonds. The van der Waals surface area contributed by atoms with E-state index in [2.05, 4.69) is 5.43 Å². The number of benzene rings is 1. The van der Waals surface area contributed by atoms with Gasteiger partial charge in [0, 0.05) is 25.8 Å². The van der Waals surface area contributed by atoms with Crippen LogP contribution >= 0.6 is 0 Å². The third-order valence-electron chi connectivity index (χ3n) is 2.39. The van der Waals surface area contributed by atoms with E-state index in [1.54, 1.807) is 7.11 Å². The van der Waals surface area contributed by atoms with E-state index in [9.17, 15) is 8.78 Å². The van der Waals surface area contributed by atoms with Crippen LogP contribution in [0.5, 0.6) is 0 Å². The molecule has 0 aliphatic heterocycles. The van der Waals surface area contributed by atoms with Crippen molar-refractivity contribution in [2.24, 2.45) is 5.84 Å². The zero-order valence-corrected chi connectivity index (χ0v) is 9.17. The van der Waals surface area contributed by atoms with Crippen LogP contribution in [0.25, 0.3) is 0 Å². The average Bonchev–Trinajstić information content (AvgIpc) is 2.27. The Hall–Kier alpha value is -1.04. The molecule has 5 heteroatoms. The molecule has 3 nitrogen and oxygen atoms in total. The fourth-order valence-corrected chi connectivity index (χ4v) is 1.46. The number of nitrogens with one attached hydrogen (secondary N) is 1. The highest BCUT2D eigenvalue weighted by Gasteiger charge is 2.11. The highest BCUT2D eigenvalue weighted by molar-refractivity contribution is 5.19. The van der Waals surface area contributed by atoms with Gasteiger partial charge in [-0.05, 0) is 24.5 Å². The van der Waals surface area contributed by atoms with Crippen molar-refractivity contribution in [3.05, 3.63) is 35.4 Å². The average molecular weight is 230 g/mol. The van der Waals surface area contributed by atoms with Crippen molar-refractivity contribution in [3.63, 3.8) is 0 Å². The lowest BCUT2D eigenvalue weighted by atomic mass is 10.0. The second-order valence-corrected chi connectivity index (χ2v) is 3.58. The van der Waals surface area contributed by atoms with Gasteiger partial charge in [-0.25, -0.2) is 8.78 Å². The number of hydrogen-bond acceptors (Lipinski definition) is 3. The van der Waals surface area contributed by atoms with Gasteiger partial charge in [0.05, 0.1) is 0 Å². The van der Waals surface area contributed by atoms with Gasteiger partial charge >= 0.3 is 0 Å². The Morgan fingerprint density at radius 3 is 2.75 bits per heavy atom. The summed E-state index contributed by atoms with van der Waals surface area (Å²) in [7, 11) is 1.59. The predicted octanol–water partition coefficient (Wildman–Crippen LogP) is 1.38. The molecular formula is C11H16F2N2O. The summed E-state index contributed by atoms with van der Waals surface area (Å²) in [5.74, 6) is 4.22. The number of ether oxygens (including phenoxy) is 1. The van der Waals surface area contributed by atoms with Gasteiger partial charge in [-0.3, -0.25) is 11.3 Å². The van der Waals surface area contributed by atoms with E-state index >= 15 is 0 Å². The Morgan fingerprint density at radius 2 is 2.19 bits per heavy atom. The number of rotatable bonds is 6. The van der Waals surface area contributed by atoms with Crippen molar-refractivity contribution < 1.29 is 13.5 Å². The molecule has 0 aliphatic carbocycles. The van der Waals surface area contributed by atoms with Crippen LogP contribution in [0, 0.1) is 11.6 Å². The molecule has 1 atom stereocenters. The maximum atomic E-state index is 13.3. The summed E-state index contributed by atoms with van der Waals surface area (Å²) in [5.41, 5.74) is 3.03. The van der Waals surface area contributed by atoms with Crippen LogP contribution in [0.3, 0.4) is 0 Å². The summed E-state index contributed by atoms with van der Waals surface area (Å²) < 4.78 is 30.9. The third kappa shape index (κ3) is 3.84. The van der Waals surface area contributed by atoms with Crippen LogP contribution < -0.4 is 11.3 Å². The third-order valence-corrected chi connectivity index (χ3v) is 2.39. The number of halogens is 2. The minimum atomic E-state index is -0.574. The van der Waals surface area contributed by atoms with Crippen LogP contribution in [-0.2, 0) is 11.2 Å². The lowest BCUT2D eigenvalue weighted by Gasteiger charge is -2.15. The minimum Gasteiger partial charge on any atom is -0.385 e. The van der Waals surface area contributed by atoms with Crippen LogP contribution in [-0.4, -0.2) is 19.8 Å². The SMILES string of the molecule is COCCC(Cc1ccc(F)cc1F)NN. The molecule has 0 saturated carbocycles. The molecule has 0 heterocycles. The molecule has 0 saturated heterocycles. The summed E-state index contributed by atoms with van der Waals surface area (Å²) in [4.78, 5) is 0. The molecule has 0 fully saturated rings. The van der Waals surface area contributed by atoms with Gasteiger partial charge in [0.1, 0.15) is 11.6 Å². The Morgan fingerprint density at radius 1 is 1.44 bits per heavy atom. The number of hydrogen-bond donors (Lipinski definition) is 2. The first-order valence-electron chi connectivity index (χ1n) is 5.06. The van der Waals surface area contributed by atoms with Gasteiger partial charge in [0.25, 0.3) is 0 Å². The van der Waals surface area contributed by atoms with Gasteiger partial charge in [-0.2, -0.15) is 0 Å². The smallest absolute Gasteiger partial charge is 0.129 e. The molecule has 0 aromatic heterocycles. The van der Waals surface area contributed by atoms with E-state index in [1.165, 1.54) is 12.1 Å². The first-order chi connectivity index (χ1) is 7.67. The number of nitrogens with two attached hydrogens (primary N) is 1. The minimum absolute atomic E-state index is 0.0834. The fourth-order valence-electron chi connectivity index (χ4n) is 1.46. The molecule has 0 radical (unpaired) electrons. The van der Waals surface area contributed by atoms with Gasteiger partial charge < -0.3 is 4.74 Å².